The molecule has 0 aliphatic carbocycles. The molecular formula is C29H24N2O4. The van der Waals surface area contributed by atoms with Crippen LogP contribution in [0, 0.1) is 0 Å². The Bertz CT molecular complexity index is 1570. The lowest BCUT2D eigenvalue weighted by Crippen LogP contribution is -2.02. The Hall–Kier alpha value is -4.58. The van der Waals surface area contributed by atoms with Gasteiger partial charge in [0, 0.05) is 22.7 Å². The van der Waals surface area contributed by atoms with E-state index >= 15 is 0 Å². The lowest BCUT2D eigenvalue weighted by molar-refractivity contribution is 0.104. The summed E-state index contributed by atoms with van der Waals surface area (Å²) in [5, 5.41) is 2.03. The van der Waals surface area contributed by atoms with E-state index in [2.05, 4.69) is 0 Å². The summed E-state index contributed by atoms with van der Waals surface area (Å²) in [6, 6.07) is 23.1. The van der Waals surface area contributed by atoms with Gasteiger partial charge in [0.2, 0.25) is 5.78 Å². The topological polar surface area (TPSA) is 62.1 Å². The van der Waals surface area contributed by atoms with Gasteiger partial charge in [0.05, 0.1) is 21.3 Å². The molecule has 0 spiro atoms. The van der Waals surface area contributed by atoms with Crippen molar-refractivity contribution in [2.45, 2.75) is 0 Å². The number of pyridine rings is 1. The number of ether oxygens (including phenoxy) is 3. The van der Waals surface area contributed by atoms with Gasteiger partial charge in [0.15, 0.2) is 11.5 Å². The maximum atomic E-state index is 13.7. The van der Waals surface area contributed by atoms with E-state index < -0.39 is 0 Å². The predicted molar refractivity (Wildman–Crippen MR) is 138 cm³/mol. The van der Waals surface area contributed by atoms with Crippen molar-refractivity contribution in [3.05, 3.63) is 96.3 Å². The van der Waals surface area contributed by atoms with Gasteiger partial charge in [-0.3, -0.25) is 9.20 Å². The number of hydrogen-bond acceptors (Lipinski definition) is 5. The van der Waals surface area contributed by atoms with Crippen molar-refractivity contribution in [1.29, 1.82) is 0 Å². The molecule has 0 fully saturated rings. The number of nitrogens with zero attached hydrogens (tertiary/aromatic N) is 2. The van der Waals surface area contributed by atoms with E-state index in [-0.39, 0.29) is 5.78 Å². The molecule has 6 heteroatoms. The first-order chi connectivity index (χ1) is 17.1. The van der Waals surface area contributed by atoms with Gasteiger partial charge in [0.1, 0.15) is 22.8 Å². The molecule has 0 radical (unpaired) electrons. The summed E-state index contributed by atoms with van der Waals surface area (Å²) in [4.78, 5) is 18.6. The van der Waals surface area contributed by atoms with Crippen LogP contribution in [-0.4, -0.2) is 36.5 Å². The molecule has 5 aromatic rings. The van der Waals surface area contributed by atoms with Crippen molar-refractivity contribution >= 4 is 28.3 Å². The van der Waals surface area contributed by atoms with Crippen molar-refractivity contribution in [1.82, 2.24) is 9.38 Å². The molecule has 0 unspecified atom stereocenters. The minimum Gasteiger partial charge on any atom is -0.497 e. The molecule has 0 N–H and O–H groups in total. The summed E-state index contributed by atoms with van der Waals surface area (Å²) in [5.41, 5.74) is 3.38. The number of carbonyl (C=O) groups excluding carboxylic acids is 1. The molecule has 2 heterocycles. The van der Waals surface area contributed by atoms with E-state index in [4.69, 9.17) is 19.2 Å². The SMILES string of the molecule is COc1ccc(-c2nc3c4ccccc4ccn3c2C(=O)/C=C/c2cccc(OC)c2OC)cc1. The van der Waals surface area contributed by atoms with Gasteiger partial charge in [-0.05, 0) is 53.9 Å². The van der Waals surface area contributed by atoms with Gasteiger partial charge in [-0.15, -0.1) is 0 Å². The number of carbonyl (C=O) groups is 1. The van der Waals surface area contributed by atoms with Crippen LogP contribution in [0.25, 0.3) is 33.8 Å². The van der Waals surface area contributed by atoms with Gasteiger partial charge < -0.3 is 14.2 Å². The maximum Gasteiger partial charge on any atom is 0.204 e. The lowest BCUT2D eigenvalue weighted by Gasteiger charge is -2.09. The monoisotopic (exact) mass is 464 g/mol. The molecular weight excluding hydrogens is 440 g/mol. The van der Waals surface area contributed by atoms with E-state index in [1.165, 1.54) is 0 Å². The van der Waals surface area contributed by atoms with Crippen LogP contribution in [0.2, 0.25) is 0 Å². The van der Waals surface area contributed by atoms with Crippen LogP contribution in [-0.2, 0) is 0 Å². The van der Waals surface area contributed by atoms with Gasteiger partial charge >= 0.3 is 0 Å². The molecule has 174 valence electrons. The number of aromatic nitrogens is 2. The van der Waals surface area contributed by atoms with Crippen LogP contribution >= 0.6 is 0 Å². The molecule has 0 bridgehead atoms. The fourth-order valence-electron chi connectivity index (χ4n) is 4.24. The first-order valence-electron chi connectivity index (χ1n) is 11.1. The van der Waals surface area contributed by atoms with Crippen molar-refractivity contribution in [2.75, 3.05) is 21.3 Å². The van der Waals surface area contributed by atoms with Crippen molar-refractivity contribution < 1.29 is 19.0 Å². The Balaban J connectivity index is 1.67. The first kappa shape index (κ1) is 22.2. The van der Waals surface area contributed by atoms with E-state index in [9.17, 15) is 4.79 Å². The minimum atomic E-state index is -0.177. The highest BCUT2D eigenvalue weighted by atomic mass is 16.5. The maximum absolute atomic E-state index is 13.7. The number of methoxy groups -OCH3 is 3. The molecule has 0 atom stereocenters. The largest absolute Gasteiger partial charge is 0.497 e. The first-order valence-corrected chi connectivity index (χ1v) is 11.1. The third-order valence-electron chi connectivity index (χ3n) is 5.96. The number of rotatable bonds is 7. The Kier molecular flexibility index (Phi) is 5.94. The van der Waals surface area contributed by atoms with Gasteiger partial charge in [-0.1, -0.05) is 36.4 Å². The van der Waals surface area contributed by atoms with E-state index in [1.54, 1.807) is 33.5 Å². The average Bonchev–Trinajstić information content (AvgIpc) is 3.31. The fourth-order valence-corrected chi connectivity index (χ4v) is 4.24. The highest BCUT2D eigenvalue weighted by Crippen LogP contribution is 2.33. The van der Waals surface area contributed by atoms with Crippen molar-refractivity contribution in [2.24, 2.45) is 0 Å². The normalized spacial score (nSPS) is 11.3. The van der Waals surface area contributed by atoms with Gasteiger partial charge in [-0.2, -0.15) is 0 Å². The third kappa shape index (κ3) is 3.99. The lowest BCUT2D eigenvalue weighted by atomic mass is 10.1. The molecule has 0 amide bonds. The quantitative estimate of drug-likeness (QED) is 0.216. The van der Waals surface area contributed by atoms with Crippen LogP contribution < -0.4 is 14.2 Å². The van der Waals surface area contributed by atoms with Crippen LogP contribution in [0.4, 0.5) is 0 Å². The summed E-state index contributed by atoms with van der Waals surface area (Å²) in [5.74, 6) is 1.73. The molecule has 0 saturated carbocycles. The zero-order chi connectivity index (χ0) is 24.4. The average molecular weight is 465 g/mol. The number of ketones is 1. The van der Waals surface area contributed by atoms with Crippen LogP contribution in [0.3, 0.4) is 0 Å². The number of fused-ring (bicyclic) bond motifs is 3. The van der Waals surface area contributed by atoms with E-state index in [1.807, 2.05) is 83.4 Å². The minimum absolute atomic E-state index is 0.177. The van der Waals surface area contributed by atoms with Gasteiger partial charge in [-0.25, -0.2) is 4.98 Å². The molecule has 6 nitrogen and oxygen atoms in total. The molecule has 0 aliphatic rings. The van der Waals surface area contributed by atoms with E-state index in [0.29, 0.717) is 22.9 Å². The molecule has 0 saturated heterocycles. The van der Waals surface area contributed by atoms with Gasteiger partial charge in [0.25, 0.3) is 0 Å². The molecule has 0 aliphatic heterocycles. The molecule has 2 aromatic heterocycles. The predicted octanol–water partition coefficient (Wildman–Crippen LogP) is 6.08. The summed E-state index contributed by atoms with van der Waals surface area (Å²) in [6.07, 6.45) is 5.18. The summed E-state index contributed by atoms with van der Waals surface area (Å²) < 4.78 is 18.0. The number of imidazole rings is 1. The highest BCUT2D eigenvalue weighted by molar-refractivity contribution is 6.11. The second-order valence-corrected chi connectivity index (χ2v) is 7.91. The smallest absolute Gasteiger partial charge is 0.204 e. The summed E-state index contributed by atoms with van der Waals surface area (Å²) >= 11 is 0. The fraction of sp³-hybridized carbons (Fsp3) is 0.103. The Morgan fingerprint density at radius 3 is 2.40 bits per heavy atom. The second-order valence-electron chi connectivity index (χ2n) is 7.91. The zero-order valence-corrected chi connectivity index (χ0v) is 19.7. The number of hydrogen-bond donors (Lipinski definition) is 0. The van der Waals surface area contributed by atoms with Crippen LogP contribution in [0.5, 0.6) is 17.2 Å². The van der Waals surface area contributed by atoms with Crippen LogP contribution in [0.1, 0.15) is 16.1 Å². The number of para-hydroxylation sites is 1. The Morgan fingerprint density at radius 2 is 1.66 bits per heavy atom. The molecule has 3 aromatic carbocycles. The third-order valence-corrected chi connectivity index (χ3v) is 5.96. The summed E-state index contributed by atoms with van der Waals surface area (Å²) in [7, 11) is 4.79. The Morgan fingerprint density at radius 1 is 0.857 bits per heavy atom. The van der Waals surface area contributed by atoms with Crippen molar-refractivity contribution in [3.63, 3.8) is 0 Å². The standard InChI is InChI=1S/C29H24N2O4/c1-33-22-14-11-20(12-15-22)26-27(31-18-17-19-7-4-5-9-23(19)29(31)30-26)24(32)16-13-21-8-6-10-25(34-2)28(21)35-3/h4-18H,1-3H3/b16-13+. The highest BCUT2D eigenvalue weighted by Gasteiger charge is 2.20. The number of benzene rings is 3. The van der Waals surface area contributed by atoms with Crippen molar-refractivity contribution in [3.8, 4) is 28.5 Å². The Labute approximate surface area is 203 Å². The van der Waals surface area contributed by atoms with Crippen LogP contribution in [0.15, 0.2) is 85.1 Å². The van der Waals surface area contributed by atoms with E-state index in [0.717, 1.165) is 33.3 Å². The second kappa shape index (κ2) is 9.35. The molecule has 35 heavy (non-hydrogen) atoms. The molecule has 5 rings (SSSR count). The zero-order valence-electron chi connectivity index (χ0n) is 19.7. The summed E-state index contributed by atoms with van der Waals surface area (Å²) in [6.45, 7) is 0. The number of allylic oxidation sites excluding steroid dienone is 1.